The summed E-state index contributed by atoms with van der Waals surface area (Å²) in [4.78, 5) is 42.6. The number of nitrogens with one attached hydrogen (secondary N) is 2. The van der Waals surface area contributed by atoms with E-state index >= 15 is 0 Å². The number of amides is 3. The highest BCUT2D eigenvalue weighted by molar-refractivity contribution is 8.02. The molecule has 0 aliphatic carbocycles. The van der Waals surface area contributed by atoms with E-state index in [1.54, 1.807) is 16.7 Å². The summed E-state index contributed by atoms with van der Waals surface area (Å²) in [5.74, 6) is -0.960. The fourth-order valence-corrected chi connectivity index (χ4v) is 8.92. The maximum atomic E-state index is 13.9. The summed E-state index contributed by atoms with van der Waals surface area (Å²) >= 11 is 1.72. The topological polar surface area (TPSA) is 98.7 Å². The predicted molar refractivity (Wildman–Crippen MR) is 136 cm³/mol. The number of hydrogen-bond donors (Lipinski definition) is 3. The first-order chi connectivity index (χ1) is 15.9. The first kappa shape index (κ1) is 27.3. The number of carbonyl (C=O) groups excluding carboxylic acids is 3. The van der Waals surface area contributed by atoms with Gasteiger partial charge in [0.2, 0.25) is 17.7 Å². The molecule has 3 saturated heterocycles. The number of fused-ring (bicyclic) bond motifs is 1. The van der Waals surface area contributed by atoms with Crippen molar-refractivity contribution in [2.45, 2.75) is 108 Å². The van der Waals surface area contributed by atoms with Gasteiger partial charge in [-0.3, -0.25) is 14.4 Å². The van der Waals surface area contributed by atoms with Gasteiger partial charge in [0.05, 0.1) is 16.6 Å². The summed E-state index contributed by atoms with van der Waals surface area (Å²) in [6, 6.07) is -0.558. The fraction of sp³-hybridized carbons (Fsp3) is 0.885. The average molecular weight is 496 g/mol. The van der Waals surface area contributed by atoms with E-state index < -0.39 is 22.2 Å². The molecule has 0 saturated carbocycles. The first-order valence-electron chi connectivity index (χ1n) is 13.1. The summed E-state index contributed by atoms with van der Waals surface area (Å²) in [5, 5.41) is 15.6. The van der Waals surface area contributed by atoms with Crippen LogP contribution in [0.2, 0.25) is 0 Å². The second-order valence-corrected chi connectivity index (χ2v) is 13.9. The van der Waals surface area contributed by atoms with Gasteiger partial charge < -0.3 is 20.6 Å². The van der Waals surface area contributed by atoms with E-state index in [0.717, 1.165) is 38.5 Å². The molecule has 0 radical (unpaired) electrons. The number of likely N-dealkylation sites (tertiary alicyclic amines) is 1. The largest absolute Gasteiger partial charge is 0.396 e. The molecule has 0 aromatic carbocycles. The summed E-state index contributed by atoms with van der Waals surface area (Å²) in [6.45, 7) is 13.8. The Morgan fingerprint density at radius 2 is 1.85 bits per heavy atom. The quantitative estimate of drug-likeness (QED) is 0.383. The Bertz CT molecular complexity index is 780. The fourth-order valence-electron chi connectivity index (χ4n) is 6.70. The molecule has 3 amide bonds. The van der Waals surface area contributed by atoms with Crippen molar-refractivity contribution in [3.63, 3.8) is 0 Å². The Labute approximate surface area is 209 Å². The zero-order chi connectivity index (χ0) is 25.3. The Kier molecular flexibility index (Phi) is 8.33. The number of aliphatic hydroxyl groups is 1. The summed E-state index contributed by atoms with van der Waals surface area (Å²) in [6.07, 6.45) is 5.56. The van der Waals surface area contributed by atoms with Gasteiger partial charge >= 0.3 is 0 Å². The highest BCUT2D eigenvalue weighted by Crippen LogP contribution is 2.66. The van der Waals surface area contributed by atoms with E-state index in [-0.39, 0.29) is 40.9 Å². The molecule has 7 nitrogen and oxygen atoms in total. The van der Waals surface area contributed by atoms with Crippen LogP contribution < -0.4 is 10.6 Å². The van der Waals surface area contributed by atoms with Crippen molar-refractivity contribution in [1.82, 2.24) is 15.5 Å². The summed E-state index contributed by atoms with van der Waals surface area (Å²) < 4.78 is -0.533. The van der Waals surface area contributed by atoms with Crippen molar-refractivity contribution in [3.05, 3.63) is 0 Å². The molecule has 34 heavy (non-hydrogen) atoms. The zero-order valence-electron chi connectivity index (χ0n) is 21.9. The molecule has 2 unspecified atom stereocenters. The van der Waals surface area contributed by atoms with E-state index in [9.17, 15) is 14.4 Å². The second kappa shape index (κ2) is 10.4. The van der Waals surface area contributed by atoms with Crippen LogP contribution in [0.15, 0.2) is 0 Å². The minimum Gasteiger partial charge on any atom is -0.396 e. The van der Waals surface area contributed by atoms with Crippen LogP contribution in [-0.4, -0.2) is 69.0 Å². The monoisotopic (exact) mass is 495 g/mol. The molecule has 3 heterocycles. The Morgan fingerprint density at radius 1 is 1.15 bits per heavy atom. The standard InChI is InChI=1S/C26H45N3O4S/c1-7-13-27-21(31)18-17-11-12-26(34-17)19(18)23(33)29(14-9-8-10-15-30)20(26)22(32)28-25(5,6)16-24(2,3)4/h17-20,30H,7-16H2,1-6H3,(H,27,31)(H,28,32)/t17-,18+,19-,20?,26?/m0/s1. The molecule has 8 heteroatoms. The molecule has 3 rings (SSSR count). The second-order valence-electron chi connectivity index (χ2n) is 12.3. The van der Waals surface area contributed by atoms with Crippen molar-refractivity contribution >= 4 is 29.5 Å². The normalized spacial score (nSPS) is 30.6. The lowest BCUT2D eigenvalue weighted by Gasteiger charge is -2.38. The molecule has 5 atom stereocenters. The van der Waals surface area contributed by atoms with E-state index in [4.69, 9.17) is 5.11 Å². The van der Waals surface area contributed by atoms with Gasteiger partial charge in [-0.2, -0.15) is 0 Å². The maximum absolute atomic E-state index is 13.9. The van der Waals surface area contributed by atoms with Crippen LogP contribution in [0.3, 0.4) is 0 Å². The molecule has 3 N–H and O–H groups in total. The van der Waals surface area contributed by atoms with E-state index in [2.05, 4.69) is 31.4 Å². The Morgan fingerprint density at radius 3 is 2.47 bits per heavy atom. The van der Waals surface area contributed by atoms with Crippen LogP contribution in [0.1, 0.15) is 86.5 Å². The third-order valence-electron chi connectivity index (χ3n) is 7.39. The highest BCUT2D eigenvalue weighted by atomic mass is 32.2. The average Bonchev–Trinajstić information content (AvgIpc) is 3.34. The number of nitrogens with zero attached hydrogens (tertiary/aromatic N) is 1. The van der Waals surface area contributed by atoms with Crippen LogP contribution in [0.25, 0.3) is 0 Å². The van der Waals surface area contributed by atoms with Gasteiger partial charge in [0.25, 0.3) is 0 Å². The lowest BCUT2D eigenvalue weighted by atomic mass is 9.70. The number of rotatable bonds is 11. The number of aliphatic hydroxyl groups excluding tert-OH is 1. The maximum Gasteiger partial charge on any atom is 0.244 e. The predicted octanol–water partition coefficient (Wildman–Crippen LogP) is 3.10. The number of carbonyl (C=O) groups is 3. The molecule has 194 valence electrons. The molecule has 3 fully saturated rings. The number of hydrogen-bond acceptors (Lipinski definition) is 5. The molecule has 0 aromatic rings. The molecule has 1 spiro atoms. The molecule has 3 aliphatic rings. The molecule has 2 bridgehead atoms. The van der Waals surface area contributed by atoms with Gasteiger partial charge in [-0.25, -0.2) is 0 Å². The van der Waals surface area contributed by atoms with Crippen molar-refractivity contribution < 1.29 is 19.5 Å². The minimum absolute atomic E-state index is 0.0337. The Hall–Kier alpha value is -1.28. The zero-order valence-corrected chi connectivity index (χ0v) is 22.7. The highest BCUT2D eigenvalue weighted by Gasteiger charge is 2.73. The van der Waals surface area contributed by atoms with Gasteiger partial charge in [0.1, 0.15) is 6.04 Å². The summed E-state index contributed by atoms with van der Waals surface area (Å²) in [5.41, 5.74) is -0.356. The third-order valence-corrected chi connectivity index (χ3v) is 9.34. The van der Waals surface area contributed by atoms with E-state index in [0.29, 0.717) is 19.5 Å². The van der Waals surface area contributed by atoms with E-state index in [1.165, 1.54) is 0 Å². The van der Waals surface area contributed by atoms with Gasteiger partial charge in [-0.1, -0.05) is 27.7 Å². The summed E-state index contributed by atoms with van der Waals surface area (Å²) in [7, 11) is 0. The van der Waals surface area contributed by atoms with Crippen LogP contribution in [0, 0.1) is 17.3 Å². The van der Waals surface area contributed by atoms with Gasteiger partial charge in [0, 0.05) is 30.5 Å². The third kappa shape index (κ3) is 5.43. The van der Waals surface area contributed by atoms with Gasteiger partial charge in [-0.05, 0) is 64.2 Å². The first-order valence-corrected chi connectivity index (χ1v) is 13.9. The minimum atomic E-state index is -0.558. The molecular weight excluding hydrogens is 450 g/mol. The van der Waals surface area contributed by atoms with Crippen LogP contribution in [0.5, 0.6) is 0 Å². The number of unbranched alkanes of at least 4 members (excludes halogenated alkanes) is 2. The number of thioether (sulfide) groups is 1. The van der Waals surface area contributed by atoms with Crippen LogP contribution in [0.4, 0.5) is 0 Å². The molecule has 3 aliphatic heterocycles. The van der Waals surface area contributed by atoms with E-state index in [1.807, 2.05) is 20.8 Å². The van der Waals surface area contributed by atoms with Crippen molar-refractivity contribution in [2.75, 3.05) is 19.7 Å². The SMILES string of the molecule is CCCNC(=O)[C@@H]1[C@@H]2CCC3(S2)C(C(=O)NC(C)(C)CC(C)(C)C)N(CCCCCO)C(=O)[C@H]13. The van der Waals surface area contributed by atoms with Crippen molar-refractivity contribution in [1.29, 1.82) is 0 Å². The van der Waals surface area contributed by atoms with Crippen molar-refractivity contribution in [3.8, 4) is 0 Å². The molecule has 0 aromatic heterocycles. The van der Waals surface area contributed by atoms with Crippen molar-refractivity contribution in [2.24, 2.45) is 17.3 Å². The smallest absolute Gasteiger partial charge is 0.244 e. The Balaban J connectivity index is 1.89. The van der Waals surface area contributed by atoms with Gasteiger partial charge in [0.15, 0.2) is 0 Å². The lowest BCUT2D eigenvalue weighted by molar-refractivity contribution is -0.140. The van der Waals surface area contributed by atoms with Crippen LogP contribution >= 0.6 is 11.8 Å². The lowest BCUT2D eigenvalue weighted by Crippen LogP contribution is -2.58. The van der Waals surface area contributed by atoms with Crippen LogP contribution in [-0.2, 0) is 14.4 Å². The van der Waals surface area contributed by atoms with Gasteiger partial charge in [-0.15, -0.1) is 11.8 Å². The molecular formula is C26H45N3O4S.